The Morgan fingerprint density at radius 1 is 1.14 bits per heavy atom. The number of oxazole rings is 1. The molecule has 0 atom stereocenters. The van der Waals surface area contributed by atoms with Crippen molar-refractivity contribution < 1.29 is 18.5 Å². The van der Waals surface area contributed by atoms with Crippen LogP contribution in [0.15, 0.2) is 62.3 Å². The number of carbonyl (C=O) groups is 1. The molecule has 0 radical (unpaired) electrons. The van der Waals surface area contributed by atoms with Crippen molar-refractivity contribution in [1.29, 1.82) is 0 Å². The Morgan fingerprint density at radius 2 is 1.93 bits per heavy atom. The predicted molar refractivity (Wildman–Crippen MR) is 99.8 cm³/mol. The molecule has 0 aliphatic rings. The molecule has 142 valence electrons. The van der Waals surface area contributed by atoms with E-state index in [0.717, 1.165) is 11.1 Å². The summed E-state index contributed by atoms with van der Waals surface area (Å²) in [5.74, 6) is 0.0928. The third-order valence-corrected chi connectivity index (χ3v) is 4.23. The van der Waals surface area contributed by atoms with Gasteiger partial charge in [-0.1, -0.05) is 17.3 Å². The summed E-state index contributed by atoms with van der Waals surface area (Å²) in [6.45, 7) is 2.33. The van der Waals surface area contributed by atoms with Crippen LogP contribution in [0.5, 0.6) is 0 Å². The van der Waals surface area contributed by atoms with Crippen LogP contribution in [-0.2, 0) is 11.3 Å². The number of ether oxygens (including phenoxy) is 1. The summed E-state index contributed by atoms with van der Waals surface area (Å²) < 4.78 is 17.1. The van der Waals surface area contributed by atoms with Gasteiger partial charge in [-0.05, 0) is 49.7 Å². The first-order valence-corrected chi connectivity index (χ1v) is 8.78. The van der Waals surface area contributed by atoms with E-state index in [0.29, 0.717) is 35.8 Å². The van der Waals surface area contributed by atoms with E-state index in [9.17, 15) is 9.59 Å². The molecule has 0 saturated carbocycles. The number of aromatic nitrogens is 3. The number of esters is 1. The van der Waals surface area contributed by atoms with Gasteiger partial charge in [0.2, 0.25) is 0 Å². The van der Waals surface area contributed by atoms with Gasteiger partial charge < -0.3 is 13.7 Å². The third kappa shape index (κ3) is 3.57. The summed E-state index contributed by atoms with van der Waals surface area (Å²) in [6, 6.07) is 13.9. The molecule has 0 amide bonds. The fourth-order valence-electron chi connectivity index (χ4n) is 2.86. The lowest BCUT2D eigenvalue weighted by Crippen LogP contribution is -2.16. The summed E-state index contributed by atoms with van der Waals surface area (Å²) >= 11 is 0. The fraction of sp³-hybridized carbons (Fsp3) is 0.200. The summed E-state index contributed by atoms with van der Waals surface area (Å²) in [4.78, 5) is 28.2. The van der Waals surface area contributed by atoms with Crippen LogP contribution in [0.2, 0.25) is 0 Å². The van der Waals surface area contributed by atoms with Crippen molar-refractivity contribution in [3.63, 3.8) is 0 Å². The molecule has 4 aromatic rings. The van der Waals surface area contributed by atoms with Crippen LogP contribution in [0.4, 0.5) is 0 Å². The van der Waals surface area contributed by atoms with Crippen molar-refractivity contribution in [3.8, 4) is 11.5 Å². The lowest BCUT2D eigenvalue weighted by atomic mass is 10.1. The van der Waals surface area contributed by atoms with Crippen LogP contribution in [0.1, 0.15) is 22.6 Å². The Morgan fingerprint density at radius 3 is 2.68 bits per heavy atom. The first-order chi connectivity index (χ1) is 13.6. The molecule has 8 heteroatoms. The Balaban J connectivity index is 1.33. The number of para-hydroxylation sites is 2. The van der Waals surface area contributed by atoms with E-state index < -0.39 is 11.7 Å². The van der Waals surface area contributed by atoms with E-state index in [2.05, 4.69) is 10.1 Å². The van der Waals surface area contributed by atoms with Crippen molar-refractivity contribution in [2.75, 3.05) is 6.61 Å². The van der Waals surface area contributed by atoms with Gasteiger partial charge in [-0.3, -0.25) is 4.57 Å². The van der Waals surface area contributed by atoms with Crippen LogP contribution in [0.3, 0.4) is 0 Å². The maximum absolute atomic E-state index is 12.2. The van der Waals surface area contributed by atoms with Gasteiger partial charge in [-0.25, -0.2) is 9.59 Å². The summed E-state index contributed by atoms with van der Waals surface area (Å²) in [5, 5.41) is 3.74. The minimum Gasteiger partial charge on any atom is -0.462 e. The summed E-state index contributed by atoms with van der Waals surface area (Å²) in [7, 11) is 0. The molecule has 2 heterocycles. The van der Waals surface area contributed by atoms with Gasteiger partial charge in [0.05, 0.1) is 17.7 Å². The molecular weight excluding hydrogens is 362 g/mol. The Kier molecular flexibility index (Phi) is 4.76. The van der Waals surface area contributed by atoms with E-state index >= 15 is 0 Å². The zero-order valence-corrected chi connectivity index (χ0v) is 15.1. The van der Waals surface area contributed by atoms with Crippen LogP contribution >= 0.6 is 0 Å². The Labute approximate surface area is 159 Å². The topological polar surface area (TPSA) is 100 Å². The summed E-state index contributed by atoms with van der Waals surface area (Å²) in [6.07, 6.45) is 0.495. The second-order valence-corrected chi connectivity index (χ2v) is 6.20. The number of nitrogens with zero attached hydrogens (tertiary/aromatic N) is 3. The number of rotatable bonds is 6. The van der Waals surface area contributed by atoms with Crippen LogP contribution in [-0.4, -0.2) is 27.3 Å². The second-order valence-electron chi connectivity index (χ2n) is 6.20. The molecule has 0 unspecified atom stereocenters. The number of benzene rings is 2. The molecule has 4 rings (SSSR count). The van der Waals surface area contributed by atoms with Gasteiger partial charge in [0.1, 0.15) is 0 Å². The molecule has 0 aliphatic carbocycles. The number of fused-ring (bicyclic) bond motifs is 1. The largest absolute Gasteiger partial charge is 0.462 e. The van der Waals surface area contributed by atoms with Crippen LogP contribution in [0, 0.1) is 6.92 Å². The average Bonchev–Trinajstić information content (AvgIpc) is 3.28. The van der Waals surface area contributed by atoms with Gasteiger partial charge in [-0.15, -0.1) is 0 Å². The average molecular weight is 379 g/mol. The minimum absolute atomic E-state index is 0.190. The molecule has 0 N–H and O–H groups in total. The molecule has 0 fully saturated rings. The molecule has 0 spiro atoms. The van der Waals surface area contributed by atoms with E-state index in [-0.39, 0.29) is 6.61 Å². The first-order valence-electron chi connectivity index (χ1n) is 8.78. The lowest BCUT2D eigenvalue weighted by Gasteiger charge is -2.06. The highest BCUT2D eigenvalue weighted by Gasteiger charge is 2.11. The maximum Gasteiger partial charge on any atom is 0.419 e. The maximum atomic E-state index is 12.2. The number of hydrogen-bond acceptors (Lipinski definition) is 7. The normalized spacial score (nSPS) is 11.0. The van der Waals surface area contributed by atoms with E-state index in [1.54, 1.807) is 37.3 Å². The van der Waals surface area contributed by atoms with Crippen molar-refractivity contribution in [2.45, 2.75) is 19.9 Å². The van der Waals surface area contributed by atoms with Gasteiger partial charge in [0.15, 0.2) is 11.4 Å². The van der Waals surface area contributed by atoms with Crippen molar-refractivity contribution in [2.24, 2.45) is 0 Å². The third-order valence-electron chi connectivity index (χ3n) is 4.23. The van der Waals surface area contributed by atoms with Crippen molar-refractivity contribution >= 4 is 17.1 Å². The van der Waals surface area contributed by atoms with Gasteiger partial charge in [0.25, 0.3) is 5.89 Å². The lowest BCUT2D eigenvalue weighted by molar-refractivity contribution is 0.0496. The fourth-order valence-corrected chi connectivity index (χ4v) is 2.86. The van der Waals surface area contributed by atoms with Crippen molar-refractivity contribution in [3.05, 3.63) is 70.5 Å². The SMILES string of the molecule is Cc1noc(-c2ccc(C(=O)OCCCn3c(=O)oc4ccccc43)cc2)n1. The number of hydrogen-bond donors (Lipinski definition) is 0. The first kappa shape index (κ1) is 17.7. The number of carbonyl (C=O) groups excluding carboxylic acids is 1. The second kappa shape index (κ2) is 7.51. The highest BCUT2D eigenvalue weighted by Crippen LogP contribution is 2.18. The molecule has 2 aromatic heterocycles. The molecular formula is C20H17N3O5. The standard InChI is InChI=1S/C20H17N3O5/c1-13-21-18(28-22-13)14-7-9-15(10-8-14)19(24)26-12-4-11-23-16-5-2-3-6-17(16)27-20(23)25/h2-3,5-10H,4,11-12H2,1H3. The summed E-state index contributed by atoms with van der Waals surface area (Å²) in [5.41, 5.74) is 2.42. The molecule has 0 saturated heterocycles. The molecule has 0 aliphatic heterocycles. The highest BCUT2D eigenvalue weighted by atomic mass is 16.5. The Bertz CT molecular complexity index is 1170. The van der Waals surface area contributed by atoms with Gasteiger partial charge in [-0.2, -0.15) is 4.98 Å². The number of aryl methyl sites for hydroxylation is 2. The molecule has 28 heavy (non-hydrogen) atoms. The zero-order valence-electron chi connectivity index (χ0n) is 15.1. The van der Waals surface area contributed by atoms with E-state index in [4.69, 9.17) is 13.7 Å². The highest BCUT2D eigenvalue weighted by molar-refractivity contribution is 5.89. The zero-order chi connectivity index (χ0) is 19.5. The molecule has 2 aromatic carbocycles. The van der Waals surface area contributed by atoms with Crippen LogP contribution < -0.4 is 5.76 Å². The van der Waals surface area contributed by atoms with E-state index in [1.165, 1.54) is 4.57 Å². The monoisotopic (exact) mass is 379 g/mol. The predicted octanol–water partition coefficient (Wildman–Crippen LogP) is 3.20. The van der Waals surface area contributed by atoms with Crippen LogP contribution in [0.25, 0.3) is 22.6 Å². The van der Waals surface area contributed by atoms with Crippen molar-refractivity contribution in [1.82, 2.24) is 14.7 Å². The Hall–Kier alpha value is -3.68. The quantitative estimate of drug-likeness (QED) is 0.374. The van der Waals surface area contributed by atoms with E-state index in [1.807, 2.05) is 18.2 Å². The van der Waals surface area contributed by atoms with Gasteiger partial charge >= 0.3 is 11.7 Å². The smallest absolute Gasteiger partial charge is 0.419 e. The molecule has 0 bridgehead atoms. The minimum atomic E-state index is -0.433. The van der Waals surface area contributed by atoms with Gasteiger partial charge in [0, 0.05) is 12.1 Å². The molecule has 8 nitrogen and oxygen atoms in total.